The van der Waals surface area contributed by atoms with Crippen molar-refractivity contribution >= 4 is 11.7 Å². The van der Waals surface area contributed by atoms with Crippen LogP contribution < -0.4 is 4.90 Å². The van der Waals surface area contributed by atoms with Crippen LogP contribution in [0.3, 0.4) is 0 Å². The first-order chi connectivity index (χ1) is 18.7. The summed E-state index contributed by atoms with van der Waals surface area (Å²) in [5.74, 6) is -0.158. The van der Waals surface area contributed by atoms with Gasteiger partial charge in [0.2, 0.25) is 0 Å². The van der Waals surface area contributed by atoms with Crippen molar-refractivity contribution in [2.45, 2.75) is 44.7 Å². The predicted molar refractivity (Wildman–Crippen MR) is 150 cm³/mol. The van der Waals surface area contributed by atoms with Gasteiger partial charge in [0, 0.05) is 31.9 Å². The van der Waals surface area contributed by atoms with E-state index in [-0.39, 0.29) is 5.97 Å². The smallest absolute Gasteiger partial charge is 0.416 e. The highest BCUT2D eigenvalue weighted by Gasteiger charge is 2.36. The van der Waals surface area contributed by atoms with Crippen LogP contribution in [0.25, 0.3) is 11.1 Å². The zero-order valence-corrected chi connectivity index (χ0v) is 22.7. The Morgan fingerprint density at radius 3 is 2.15 bits per heavy atom. The zero-order valence-electron chi connectivity index (χ0n) is 22.7. The Hall–Kier alpha value is -3.32. The van der Waals surface area contributed by atoms with Crippen LogP contribution in [-0.2, 0) is 21.1 Å². The SMILES string of the molecule is CCCOC(=O)C(C)(CCCN1CCN(c2ccc(-c3cccc(C(F)(F)F)c3)cc2)CC1)c1ccccc1. The average Bonchev–Trinajstić information content (AvgIpc) is 2.96. The number of benzene rings is 3. The van der Waals surface area contributed by atoms with Crippen molar-refractivity contribution in [1.82, 2.24) is 4.90 Å². The molecule has 1 saturated heterocycles. The lowest BCUT2D eigenvalue weighted by molar-refractivity contribution is -0.150. The fraction of sp³-hybridized carbons (Fsp3) is 0.406. The van der Waals surface area contributed by atoms with Gasteiger partial charge in [-0.25, -0.2) is 0 Å². The summed E-state index contributed by atoms with van der Waals surface area (Å²) in [6.07, 6.45) is -1.95. The lowest BCUT2D eigenvalue weighted by Crippen LogP contribution is -2.47. The number of halogens is 3. The Kier molecular flexibility index (Phi) is 9.33. The molecule has 39 heavy (non-hydrogen) atoms. The number of esters is 1. The molecule has 7 heteroatoms. The summed E-state index contributed by atoms with van der Waals surface area (Å²) < 4.78 is 44.8. The second kappa shape index (κ2) is 12.7. The molecule has 4 rings (SSSR count). The first-order valence-corrected chi connectivity index (χ1v) is 13.7. The van der Waals surface area contributed by atoms with Crippen molar-refractivity contribution in [3.05, 3.63) is 90.0 Å². The van der Waals surface area contributed by atoms with Gasteiger partial charge in [0.05, 0.1) is 17.6 Å². The summed E-state index contributed by atoms with van der Waals surface area (Å²) in [5, 5.41) is 0. The van der Waals surface area contributed by atoms with Crippen LogP contribution in [0.1, 0.15) is 44.2 Å². The lowest BCUT2D eigenvalue weighted by Gasteiger charge is -2.37. The fourth-order valence-corrected chi connectivity index (χ4v) is 5.15. The van der Waals surface area contributed by atoms with Crippen LogP contribution in [0.2, 0.25) is 0 Å². The Morgan fingerprint density at radius 1 is 0.846 bits per heavy atom. The third kappa shape index (κ3) is 7.21. The molecule has 4 nitrogen and oxygen atoms in total. The number of anilines is 1. The van der Waals surface area contributed by atoms with E-state index in [1.807, 2.05) is 68.4 Å². The molecule has 0 saturated carbocycles. The zero-order chi connectivity index (χ0) is 27.9. The first-order valence-electron chi connectivity index (χ1n) is 13.7. The summed E-state index contributed by atoms with van der Waals surface area (Å²) in [6.45, 7) is 8.90. The maximum Gasteiger partial charge on any atom is 0.416 e. The van der Waals surface area contributed by atoms with Gasteiger partial charge in [-0.2, -0.15) is 13.2 Å². The van der Waals surface area contributed by atoms with Gasteiger partial charge in [-0.3, -0.25) is 9.69 Å². The molecule has 1 fully saturated rings. The molecule has 1 aliphatic heterocycles. The summed E-state index contributed by atoms with van der Waals surface area (Å²) in [4.78, 5) is 17.7. The van der Waals surface area contributed by atoms with Gasteiger partial charge >= 0.3 is 12.1 Å². The van der Waals surface area contributed by atoms with E-state index in [2.05, 4.69) is 9.80 Å². The number of hydrogen-bond donors (Lipinski definition) is 0. The van der Waals surface area contributed by atoms with E-state index in [0.717, 1.165) is 74.9 Å². The van der Waals surface area contributed by atoms with Crippen LogP contribution in [0.5, 0.6) is 0 Å². The molecule has 0 radical (unpaired) electrons. The van der Waals surface area contributed by atoms with E-state index in [1.165, 1.54) is 12.1 Å². The molecule has 1 heterocycles. The monoisotopic (exact) mass is 538 g/mol. The number of hydrogen-bond acceptors (Lipinski definition) is 4. The highest BCUT2D eigenvalue weighted by atomic mass is 19.4. The van der Waals surface area contributed by atoms with Gasteiger partial charge < -0.3 is 9.64 Å². The largest absolute Gasteiger partial charge is 0.465 e. The molecule has 3 aromatic rings. The van der Waals surface area contributed by atoms with E-state index in [4.69, 9.17) is 4.74 Å². The molecule has 0 bridgehead atoms. The summed E-state index contributed by atoms with van der Waals surface area (Å²) in [6, 6.07) is 23.1. The Morgan fingerprint density at radius 2 is 1.51 bits per heavy atom. The molecule has 0 amide bonds. The summed E-state index contributed by atoms with van der Waals surface area (Å²) in [7, 11) is 0. The van der Waals surface area contributed by atoms with Gasteiger partial charge in [-0.15, -0.1) is 0 Å². The maximum atomic E-state index is 13.1. The number of ether oxygens (including phenoxy) is 1. The average molecular weight is 539 g/mol. The number of carbonyl (C=O) groups is 1. The van der Waals surface area contributed by atoms with Crippen LogP contribution in [0.15, 0.2) is 78.9 Å². The minimum Gasteiger partial charge on any atom is -0.465 e. The third-order valence-electron chi connectivity index (χ3n) is 7.58. The standard InChI is InChI=1S/C32H37F3N2O2/c1-3-23-39-30(38)31(2,27-10-5-4-6-11-27)17-8-18-36-19-21-37(22-20-36)29-15-13-25(14-16-29)26-9-7-12-28(24-26)32(33,34)35/h4-7,9-16,24H,3,8,17-23H2,1-2H3. The minimum absolute atomic E-state index is 0.158. The van der Waals surface area contributed by atoms with Crippen LogP contribution >= 0.6 is 0 Å². The van der Waals surface area contributed by atoms with Crippen molar-refractivity contribution in [2.24, 2.45) is 0 Å². The van der Waals surface area contributed by atoms with Crippen molar-refractivity contribution in [1.29, 1.82) is 0 Å². The van der Waals surface area contributed by atoms with Gasteiger partial charge in [0.15, 0.2) is 0 Å². The quantitative estimate of drug-likeness (QED) is 0.256. The van der Waals surface area contributed by atoms with Crippen LogP contribution in [-0.4, -0.2) is 50.2 Å². The number of alkyl halides is 3. The highest BCUT2D eigenvalue weighted by Crippen LogP contribution is 2.33. The van der Waals surface area contributed by atoms with Crippen molar-refractivity contribution in [3.8, 4) is 11.1 Å². The van der Waals surface area contributed by atoms with E-state index in [9.17, 15) is 18.0 Å². The molecule has 0 spiro atoms. The maximum absolute atomic E-state index is 13.1. The summed E-state index contributed by atoms with van der Waals surface area (Å²) in [5.41, 5.74) is 2.08. The number of carbonyl (C=O) groups excluding carboxylic acids is 1. The van der Waals surface area contributed by atoms with Gasteiger partial charge in [0.25, 0.3) is 0 Å². The van der Waals surface area contributed by atoms with Gasteiger partial charge in [-0.05, 0) is 73.7 Å². The van der Waals surface area contributed by atoms with E-state index in [1.54, 1.807) is 6.07 Å². The number of rotatable bonds is 10. The Labute approximate surface area is 229 Å². The highest BCUT2D eigenvalue weighted by molar-refractivity contribution is 5.82. The molecule has 1 unspecified atom stereocenters. The Balaban J connectivity index is 1.30. The predicted octanol–water partition coefficient (Wildman–Crippen LogP) is 7.19. The molecule has 1 atom stereocenters. The van der Waals surface area contributed by atoms with Crippen molar-refractivity contribution < 1.29 is 22.7 Å². The molecule has 0 aromatic heterocycles. The van der Waals surface area contributed by atoms with E-state index >= 15 is 0 Å². The van der Waals surface area contributed by atoms with Crippen molar-refractivity contribution in [3.63, 3.8) is 0 Å². The topological polar surface area (TPSA) is 32.8 Å². The second-order valence-electron chi connectivity index (χ2n) is 10.4. The fourth-order valence-electron chi connectivity index (χ4n) is 5.15. The van der Waals surface area contributed by atoms with Crippen LogP contribution in [0.4, 0.5) is 18.9 Å². The minimum atomic E-state index is -4.35. The lowest BCUT2D eigenvalue weighted by atomic mass is 9.78. The van der Waals surface area contributed by atoms with Gasteiger partial charge in [0.1, 0.15) is 0 Å². The van der Waals surface area contributed by atoms with Gasteiger partial charge in [-0.1, -0.05) is 61.5 Å². The number of piperazine rings is 1. The second-order valence-corrected chi connectivity index (χ2v) is 10.4. The molecule has 208 valence electrons. The van der Waals surface area contributed by atoms with E-state index in [0.29, 0.717) is 12.2 Å². The van der Waals surface area contributed by atoms with E-state index < -0.39 is 17.2 Å². The number of nitrogens with zero attached hydrogens (tertiary/aromatic N) is 2. The molecular weight excluding hydrogens is 501 g/mol. The summed E-state index contributed by atoms with van der Waals surface area (Å²) >= 11 is 0. The molecule has 1 aliphatic rings. The molecular formula is C32H37F3N2O2. The molecule has 0 aliphatic carbocycles. The first kappa shape index (κ1) is 28.7. The van der Waals surface area contributed by atoms with Crippen molar-refractivity contribution in [2.75, 3.05) is 44.2 Å². The third-order valence-corrected chi connectivity index (χ3v) is 7.58. The van der Waals surface area contributed by atoms with Crippen LogP contribution in [0, 0.1) is 0 Å². The normalized spacial score (nSPS) is 16.1. The molecule has 3 aromatic carbocycles. The molecule has 0 N–H and O–H groups in total. The Bertz CT molecular complexity index is 1210.